The van der Waals surface area contributed by atoms with Crippen molar-refractivity contribution in [2.24, 2.45) is 0 Å². The van der Waals surface area contributed by atoms with Crippen LogP contribution in [0.25, 0.3) is 104 Å². The standard InChI is InChI=1S/C40H42N6O6.C21H13N3O6.C11H13N3O.C5H10.CH4.B.Fe/c1-43(2)24-9-12-32-31(19-24)38(49)42-37(41-32)34-35(47)27-21-29-30(22-28(27)36(34)48)40(51)46(39(29)50)33-20-25(10-11-26(33)23-7-4-5-8-23)52-18-6-13-45-16-14-44(3)15-17-45;1-24(2)8-3-4-14-13(5-8)19(27)23-18(22-14)15-16(25)9-6-11-12(7-10(9)17(15)26)21(29)30-20(11)28;1-7-12-10-5-4-8(14(2)3)6-9(10)11(15)13-7;1-2-4-5-3-1;;;/h9-12,19-23,47H,4-8,13-18H2,1-3H3,(H,41,42,49);3-7,25H,1-2H3,(H,22,23,27);4-6H,1-3H3,(H,12,13,15);1-5H2;1H4;;/q;;;;;-1;. The molecular formula is C78H82BFeN12O13-. The monoisotopic (exact) mass is 1460 g/mol. The number of nitrogens with one attached hydrogen (secondary N) is 3. The molecule has 105 heavy (non-hydrogen) atoms. The van der Waals surface area contributed by atoms with Gasteiger partial charge in [0.25, 0.3) is 27.8 Å². The number of aromatic amines is 3. The van der Waals surface area contributed by atoms with Crippen molar-refractivity contribution in [3.63, 3.8) is 0 Å². The van der Waals surface area contributed by atoms with E-state index < -0.39 is 55.8 Å². The molecule has 0 amide bonds. The van der Waals surface area contributed by atoms with Gasteiger partial charge in [0.1, 0.15) is 45.8 Å². The van der Waals surface area contributed by atoms with E-state index in [-0.39, 0.29) is 110 Å². The molecule has 4 radical (unpaired) electrons. The molecule has 1 aliphatic heterocycles. The van der Waals surface area contributed by atoms with Gasteiger partial charge in [0.15, 0.2) is 0 Å². The topological polar surface area (TPSA) is 324 Å². The van der Waals surface area contributed by atoms with Crippen LogP contribution >= 0.6 is 0 Å². The number of ether oxygens (including phenoxy) is 1. The molecule has 3 fully saturated rings. The average Bonchev–Trinajstić information content (AvgIpc) is 1.57. The van der Waals surface area contributed by atoms with Crippen LogP contribution in [0.2, 0.25) is 0 Å². The molecule has 1 saturated heterocycles. The smallest absolute Gasteiger partial charge is 0.346 e. The molecule has 8 aromatic carbocycles. The van der Waals surface area contributed by atoms with Crippen LogP contribution in [0, 0.1) is 6.92 Å². The van der Waals surface area contributed by atoms with Crippen LogP contribution in [0.4, 0.5) is 17.1 Å². The zero-order valence-corrected chi connectivity index (χ0v) is 60.1. The number of likely N-dealkylation sites (N-methyl/N-ethyl adjacent to an activating group) is 1. The molecule has 3 aliphatic rings. The molecular weight excluding hydrogens is 1380 g/mol. The number of aromatic hydroxyl groups is 2. The van der Waals surface area contributed by atoms with Crippen molar-refractivity contribution in [2.75, 3.05) is 103 Å². The second kappa shape index (κ2) is 31.6. The van der Waals surface area contributed by atoms with Gasteiger partial charge in [0.2, 0.25) is 10.9 Å². The third-order valence-corrected chi connectivity index (χ3v) is 19.7. The number of piperazine rings is 1. The van der Waals surface area contributed by atoms with Gasteiger partial charge in [-0.1, -0.05) is 58.4 Å². The van der Waals surface area contributed by atoms with Crippen molar-refractivity contribution in [1.82, 2.24) is 44.3 Å². The maximum Gasteiger partial charge on any atom is 0.346 e. The van der Waals surface area contributed by atoms with E-state index in [1.54, 1.807) is 49.4 Å². The quantitative estimate of drug-likeness (QED) is 0.0563. The molecule has 13 aromatic rings. The van der Waals surface area contributed by atoms with Crippen LogP contribution in [0.15, 0.2) is 145 Å². The minimum absolute atomic E-state index is 0. The number of fused-ring (bicyclic) bond motifs is 7. The molecule has 5 N–H and O–H groups in total. The molecule has 2 saturated carbocycles. The third-order valence-electron chi connectivity index (χ3n) is 19.7. The van der Waals surface area contributed by atoms with Crippen molar-refractivity contribution in [2.45, 2.75) is 84.5 Å². The van der Waals surface area contributed by atoms with Crippen LogP contribution in [-0.4, -0.2) is 152 Å². The normalized spacial score (nSPS) is 14.0. The second-order valence-electron chi connectivity index (χ2n) is 27.2. The van der Waals surface area contributed by atoms with Crippen molar-refractivity contribution < 1.29 is 36.4 Å². The Balaban J connectivity index is 0.000000186. The van der Waals surface area contributed by atoms with Gasteiger partial charge in [-0.3, -0.25) is 33.6 Å². The number of aromatic nitrogens is 7. The van der Waals surface area contributed by atoms with E-state index in [1.165, 1.54) is 60.9 Å². The first-order chi connectivity index (χ1) is 48.9. The van der Waals surface area contributed by atoms with Crippen molar-refractivity contribution in [3.05, 3.63) is 202 Å². The summed E-state index contributed by atoms with van der Waals surface area (Å²) in [6.45, 7) is 7.42. The number of benzene rings is 6. The Kier molecular flexibility index (Phi) is 23.1. The van der Waals surface area contributed by atoms with E-state index >= 15 is 0 Å². The van der Waals surface area contributed by atoms with E-state index in [4.69, 9.17) is 4.74 Å². The van der Waals surface area contributed by atoms with Gasteiger partial charge in [0, 0.05) is 137 Å². The summed E-state index contributed by atoms with van der Waals surface area (Å²) < 4.78 is 11.9. The molecule has 544 valence electrons. The summed E-state index contributed by atoms with van der Waals surface area (Å²) in [5.74, 6) is 0.407. The number of hydrogen-bond donors (Lipinski definition) is 5. The number of H-pyrrole nitrogens is 3. The molecule has 0 bridgehead atoms. The van der Waals surface area contributed by atoms with Crippen LogP contribution in [0.1, 0.15) is 88.9 Å². The summed E-state index contributed by atoms with van der Waals surface area (Å²) >= 11 is 0. The number of nitrogens with zero attached hydrogens (tertiary/aromatic N) is 9. The predicted octanol–water partition coefficient (Wildman–Crippen LogP) is 8.81. The van der Waals surface area contributed by atoms with Crippen molar-refractivity contribution in [3.8, 4) is 45.7 Å². The SMILES string of the molecule is C.C1CCCC1.CN(C)c1ccc2nc(-c3c(O)c4cc5c(=O)oc(=O)c5cc4c3=O)[nH]c(=O)c2c1.CN1CCN(CCCOc2ccc(C3CCCC3)c(-n3c(=O)c4cc5c(O)c(-c6nc7ccc(N(C)C)cc7c(=O)[nH]6)c(=O)c5cc4c3=O)c2)CC1.Cc1nc2ccc(N(C)C)cc2c(=O)[nH]1.[B-].[Fe]. The molecule has 0 unspecified atom stereocenters. The van der Waals surface area contributed by atoms with Crippen LogP contribution < -0.4 is 69.3 Å². The number of hydrogen-bond acceptors (Lipinski definition) is 21. The summed E-state index contributed by atoms with van der Waals surface area (Å²) in [4.78, 5) is 147. The van der Waals surface area contributed by atoms with Crippen molar-refractivity contribution >= 4 is 101 Å². The van der Waals surface area contributed by atoms with Gasteiger partial charge < -0.3 is 67.2 Å². The molecule has 2 aliphatic carbocycles. The van der Waals surface area contributed by atoms with E-state index in [0.717, 1.165) is 93.0 Å². The summed E-state index contributed by atoms with van der Waals surface area (Å²) in [5.41, 5.74) is 0.0905. The first kappa shape index (κ1) is 76.8. The molecule has 16 rings (SSSR count). The fourth-order valence-electron chi connectivity index (χ4n) is 14.0. The average molecular weight is 1460 g/mol. The van der Waals surface area contributed by atoms with E-state index in [0.29, 0.717) is 51.1 Å². The molecule has 6 heterocycles. The fourth-order valence-corrected chi connectivity index (χ4v) is 14.0. The van der Waals surface area contributed by atoms with Gasteiger partial charge >= 0.3 is 11.3 Å². The molecule has 0 spiro atoms. The van der Waals surface area contributed by atoms with Crippen LogP contribution in [0.3, 0.4) is 0 Å². The van der Waals surface area contributed by atoms with Gasteiger partial charge in [-0.15, -0.1) is 0 Å². The van der Waals surface area contributed by atoms with Gasteiger partial charge in [-0.25, -0.2) is 29.1 Å². The Morgan fingerprint density at radius 3 is 1.38 bits per heavy atom. The molecule has 0 atom stereocenters. The van der Waals surface area contributed by atoms with Crippen molar-refractivity contribution in [1.29, 1.82) is 0 Å². The number of anilines is 3. The molecule has 25 nitrogen and oxygen atoms in total. The zero-order valence-electron chi connectivity index (χ0n) is 59.0. The van der Waals surface area contributed by atoms with Gasteiger partial charge in [0.05, 0.1) is 66.5 Å². The number of furan rings is 1. The largest absolute Gasteiger partial charge is 1.00 e. The first-order valence-electron chi connectivity index (χ1n) is 34.2. The minimum atomic E-state index is -0.854. The summed E-state index contributed by atoms with van der Waals surface area (Å²) in [5, 5.41) is 23.8. The Morgan fingerprint density at radius 1 is 0.505 bits per heavy atom. The zero-order chi connectivity index (χ0) is 72.1. The fraction of sp³-hybridized carbons (Fsp3) is 0.333. The Labute approximate surface area is 613 Å². The maximum atomic E-state index is 14.2. The van der Waals surface area contributed by atoms with Gasteiger partial charge in [-0.05, 0) is 130 Å². The first-order valence-corrected chi connectivity index (χ1v) is 34.2. The molecule has 5 aromatic heterocycles. The van der Waals surface area contributed by atoms with E-state index in [2.05, 4.69) is 51.2 Å². The Morgan fingerprint density at radius 2 is 0.924 bits per heavy atom. The number of rotatable bonds is 12. The Bertz CT molecular complexity index is 5960. The summed E-state index contributed by atoms with van der Waals surface area (Å²) in [6.07, 6.45) is 12.4. The van der Waals surface area contributed by atoms with Gasteiger partial charge in [-0.2, -0.15) is 0 Å². The van der Waals surface area contributed by atoms with E-state index in [1.807, 2.05) is 87.3 Å². The van der Waals surface area contributed by atoms with E-state index in [9.17, 15) is 53.4 Å². The van der Waals surface area contributed by atoms with Crippen LogP contribution in [-0.2, 0) is 17.1 Å². The third kappa shape index (κ3) is 15.1. The summed E-state index contributed by atoms with van der Waals surface area (Å²) in [7, 11) is 13.4. The minimum Gasteiger partial charge on any atom is -1.00 e. The maximum absolute atomic E-state index is 14.2. The molecule has 27 heteroatoms. The summed E-state index contributed by atoms with van der Waals surface area (Å²) in [6, 6.07) is 26.9. The number of aryl methyl sites for hydroxylation is 1. The predicted molar refractivity (Wildman–Crippen MR) is 414 cm³/mol. The van der Waals surface area contributed by atoms with Crippen LogP contribution in [0.5, 0.6) is 17.2 Å². The Hall–Kier alpha value is -10.9. The second-order valence-corrected chi connectivity index (χ2v) is 27.2.